The molecular weight excluding hydrogens is 374 g/mol. The van der Waals surface area contributed by atoms with Crippen LogP contribution in [0.4, 0.5) is 16.4 Å². The third-order valence-electron chi connectivity index (χ3n) is 4.39. The van der Waals surface area contributed by atoms with Gasteiger partial charge >= 0.3 is 6.03 Å². The molecule has 0 saturated heterocycles. The van der Waals surface area contributed by atoms with Gasteiger partial charge in [-0.25, -0.2) is 14.8 Å². The number of carbonyl (C=O) groups is 2. The molecule has 0 aliphatic carbocycles. The topological polar surface area (TPSA) is 128 Å². The highest BCUT2D eigenvalue weighted by Crippen LogP contribution is 2.28. The molecule has 9 nitrogen and oxygen atoms in total. The average Bonchev–Trinajstić information content (AvgIpc) is 2.71. The number of aliphatic hydroxyl groups is 1. The number of hydrogen-bond acceptors (Lipinski definition) is 7. The highest BCUT2D eigenvalue weighted by Gasteiger charge is 2.26. The number of anilines is 2. The summed E-state index contributed by atoms with van der Waals surface area (Å²) in [6, 6.07) is 4.76. The molecule has 1 aliphatic heterocycles. The third-order valence-corrected chi connectivity index (χ3v) is 4.39. The van der Waals surface area contributed by atoms with Crippen molar-refractivity contribution >= 4 is 24.0 Å². The van der Waals surface area contributed by atoms with E-state index in [2.05, 4.69) is 15.3 Å². The van der Waals surface area contributed by atoms with E-state index in [1.54, 1.807) is 6.07 Å². The lowest BCUT2D eigenvalue weighted by molar-refractivity contribution is 0.111. The lowest BCUT2D eigenvalue weighted by Crippen LogP contribution is -2.39. The van der Waals surface area contributed by atoms with E-state index in [0.29, 0.717) is 36.4 Å². The zero-order valence-electron chi connectivity index (χ0n) is 16.2. The third kappa shape index (κ3) is 4.33. The summed E-state index contributed by atoms with van der Waals surface area (Å²) in [5.41, 5.74) is 1.60. The van der Waals surface area contributed by atoms with Crippen LogP contribution in [0.15, 0.2) is 18.3 Å². The molecule has 2 N–H and O–H groups in total. The summed E-state index contributed by atoms with van der Waals surface area (Å²) in [6.07, 6.45) is 3.17. The monoisotopic (exact) mass is 395 g/mol. The molecule has 29 heavy (non-hydrogen) atoms. The van der Waals surface area contributed by atoms with E-state index in [0.717, 1.165) is 12.0 Å². The van der Waals surface area contributed by atoms with Gasteiger partial charge in [0.1, 0.15) is 34.7 Å². The second-order valence-electron chi connectivity index (χ2n) is 6.82. The molecular formula is C20H21N5O4. The summed E-state index contributed by atoms with van der Waals surface area (Å²) in [5, 5.41) is 21.3. The van der Waals surface area contributed by atoms with Crippen molar-refractivity contribution in [1.29, 1.82) is 5.26 Å². The minimum absolute atomic E-state index is 0.107. The number of aldehydes is 1. The van der Waals surface area contributed by atoms with Gasteiger partial charge in [0.2, 0.25) is 0 Å². The molecule has 150 valence electrons. The smallest absolute Gasteiger partial charge is 0.328 e. The predicted molar refractivity (Wildman–Crippen MR) is 105 cm³/mol. The summed E-state index contributed by atoms with van der Waals surface area (Å²) < 4.78 is 5.61. The Morgan fingerprint density at radius 3 is 2.93 bits per heavy atom. The van der Waals surface area contributed by atoms with Crippen molar-refractivity contribution in [3.63, 3.8) is 0 Å². The molecule has 0 radical (unpaired) electrons. The summed E-state index contributed by atoms with van der Waals surface area (Å²) in [4.78, 5) is 34.0. The summed E-state index contributed by atoms with van der Waals surface area (Å²) in [5.74, 6) is 0.959. The number of aryl methyl sites for hydroxylation is 1. The number of pyridine rings is 2. The minimum atomic E-state index is -0.459. The lowest BCUT2D eigenvalue weighted by atomic mass is 10.0. The number of urea groups is 1. The SMILES string of the molecule is CC(C)Oc1cc(NC(=O)N2CCCc3cc(CO)c(C=O)nc32)ncc1C#N. The van der Waals surface area contributed by atoms with Crippen molar-refractivity contribution in [3.05, 3.63) is 40.7 Å². The van der Waals surface area contributed by atoms with Crippen molar-refractivity contribution in [2.45, 2.75) is 39.4 Å². The Hall–Kier alpha value is -3.51. The standard InChI is InChI=1S/C20H21N5O4/c1-12(2)29-17-7-18(22-9-15(17)8-21)24-20(28)25-5-3-4-13-6-14(10-26)16(11-27)23-19(13)25/h6-7,9,11-12,26H,3-5,10H2,1-2H3,(H,22,24,28). The Morgan fingerprint density at radius 1 is 1.48 bits per heavy atom. The van der Waals surface area contributed by atoms with Gasteiger partial charge in [-0.15, -0.1) is 0 Å². The van der Waals surface area contributed by atoms with Crippen molar-refractivity contribution in [2.24, 2.45) is 0 Å². The largest absolute Gasteiger partial charge is 0.489 e. The first-order valence-electron chi connectivity index (χ1n) is 9.21. The van der Waals surface area contributed by atoms with E-state index in [9.17, 15) is 20.0 Å². The molecule has 0 atom stereocenters. The van der Waals surface area contributed by atoms with Gasteiger partial charge < -0.3 is 9.84 Å². The number of nitrogens with zero attached hydrogens (tertiary/aromatic N) is 4. The normalized spacial score (nSPS) is 12.9. The van der Waals surface area contributed by atoms with Crippen LogP contribution in [0.5, 0.6) is 5.75 Å². The highest BCUT2D eigenvalue weighted by molar-refractivity contribution is 6.01. The highest BCUT2D eigenvalue weighted by atomic mass is 16.5. The second kappa shape index (κ2) is 8.67. The van der Waals surface area contributed by atoms with Crippen molar-refractivity contribution in [2.75, 3.05) is 16.8 Å². The summed E-state index contributed by atoms with van der Waals surface area (Å²) in [7, 11) is 0. The van der Waals surface area contributed by atoms with Crippen molar-refractivity contribution < 1.29 is 19.4 Å². The number of fused-ring (bicyclic) bond motifs is 1. The molecule has 2 aromatic rings. The second-order valence-corrected chi connectivity index (χ2v) is 6.82. The lowest BCUT2D eigenvalue weighted by Gasteiger charge is -2.29. The molecule has 3 heterocycles. The number of ether oxygens (including phenoxy) is 1. The fourth-order valence-electron chi connectivity index (χ4n) is 3.10. The van der Waals surface area contributed by atoms with Crippen LogP contribution in [-0.2, 0) is 13.0 Å². The molecule has 0 saturated carbocycles. The van der Waals surface area contributed by atoms with Crippen LogP contribution in [0.25, 0.3) is 0 Å². The van der Waals surface area contributed by atoms with Crippen LogP contribution in [0.1, 0.15) is 47.4 Å². The molecule has 1 aliphatic rings. The zero-order valence-corrected chi connectivity index (χ0v) is 16.2. The first-order valence-corrected chi connectivity index (χ1v) is 9.21. The van der Waals surface area contributed by atoms with Gasteiger partial charge in [0.05, 0.1) is 18.9 Å². The van der Waals surface area contributed by atoms with Gasteiger partial charge in [-0.3, -0.25) is 15.0 Å². The minimum Gasteiger partial charge on any atom is -0.489 e. The Bertz CT molecular complexity index is 984. The van der Waals surface area contributed by atoms with E-state index in [-0.39, 0.29) is 29.8 Å². The van der Waals surface area contributed by atoms with Crippen LogP contribution in [0, 0.1) is 11.3 Å². The first kappa shape index (κ1) is 20.2. The van der Waals surface area contributed by atoms with Gasteiger partial charge in [-0.1, -0.05) is 0 Å². The molecule has 3 rings (SSSR count). The first-order chi connectivity index (χ1) is 14.0. The van der Waals surface area contributed by atoms with E-state index < -0.39 is 6.03 Å². The Morgan fingerprint density at radius 2 is 2.28 bits per heavy atom. The van der Waals surface area contributed by atoms with Gasteiger partial charge in [-0.2, -0.15) is 5.26 Å². The van der Waals surface area contributed by atoms with Gasteiger partial charge in [-0.05, 0) is 38.3 Å². The van der Waals surface area contributed by atoms with E-state index in [1.165, 1.54) is 17.2 Å². The number of amides is 2. The summed E-state index contributed by atoms with van der Waals surface area (Å²) in [6.45, 7) is 3.80. The number of carbonyl (C=O) groups excluding carboxylic acids is 2. The van der Waals surface area contributed by atoms with E-state index in [4.69, 9.17) is 4.74 Å². The average molecular weight is 395 g/mol. The molecule has 0 unspecified atom stereocenters. The Labute approximate surface area is 168 Å². The molecule has 0 spiro atoms. The maximum absolute atomic E-state index is 12.9. The van der Waals surface area contributed by atoms with E-state index >= 15 is 0 Å². The molecule has 2 aromatic heterocycles. The number of nitriles is 1. The number of rotatable bonds is 5. The maximum Gasteiger partial charge on any atom is 0.328 e. The molecule has 0 bridgehead atoms. The van der Waals surface area contributed by atoms with Crippen LogP contribution < -0.4 is 15.0 Å². The maximum atomic E-state index is 12.9. The van der Waals surface area contributed by atoms with Crippen molar-refractivity contribution in [1.82, 2.24) is 9.97 Å². The molecule has 2 amide bonds. The predicted octanol–water partition coefficient (Wildman–Crippen LogP) is 2.42. The van der Waals surface area contributed by atoms with E-state index in [1.807, 2.05) is 19.9 Å². The Kier molecular flexibility index (Phi) is 6.04. The summed E-state index contributed by atoms with van der Waals surface area (Å²) >= 11 is 0. The number of aliphatic hydroxyl groups excluding tert-OH is 1. The van der Waals surface area contributed by atoms with Gasteiger partial charge in [0.15, 0.2) is 6.29 Å². The fourth-order valence-corrected chi connectivity index (χ4v) is 3.10. The van der Waals surface area contributed by atoms with Crippen LogP contribution in [-0.4, -0.2) is 40.0 Å². The molecule has 0 aromatic carbocycles. The molecule has 9 heteroatoms. The fraction of sp³-hybridized carbons (Fsp3) is 0.350. The van der Waals surface area contributed by atoms with Crippen LogP contribution >= 0.6 is 0 Å². The Balaban J connectivity index is 1.88. The van der Waals surface area contributed by atoms with Crippen LogP contribution in [0.2, 0.25) is 0 Å². The zero-order chi connectivity index (χ0) is 21.0. The quantitative estimate of drug-likeness (QED) is 0.744. The van der Waals surface area contributed by atoms with Crippen molar-refractivity contribution in [3.8, 4) is 11.8 Å². The number of hydrogen-bond donors (Lipinski definition) is 2. The van der Waals surface area contributed by atoms with Gasteiger partial charge in [0, 0.05) is 18.2 Å². The molecule has 0 fully saturated rings. The number of nitrogens with one attached hydrogen (secondary N) is 1. The number of aromatic nitrogens is 2. The van der Waals surface area contributed by atoms with Gasteiger partial charge in [0.25, 0.3) is 0 Å². The van der Waals surface area contributed by atoms with Crippen LogP contribution in [0.3, 0.4) is 0 Å².